The van der Waals surface area contributed by atoms with Crippen molar-refractivity contribution in [3.63, 3.8) is 0 Å². The molecule has 136 valence electrons. The van der Waals surface area contributed by atoms with E-state index in [9.17, 15) is 0 Å². The predicted molar refractivity (Wildman–Crippen MR) is 102 cm³/mol. The minimum atomic E-state index is 0.641. The van der Waals surface area contributed by atoms with Gasteiger partial charge in [-0.05, 0) is 37.1 Å². The first kappa shape index (κ1) is 19.4. The van der Waals surface area contributed by atoms with Gasteiger partial charge >= 0.3 is 0 Å². The van der Waals surface area contributed by atoms with Gasteiger partial charge in [-0.1, -0.05) is 36.7 Å². The van der Waals surface area contributed by atoms with Gasteiger partial charge in [0.1, 0.15) is 5.75 Å². The molecule has 0 amide bonds. The highest BCUT2D eigenvalue weighted by molar-refractivity contribution is 6.30. The summed E-state index contributed by atoms with van der Waals surface area (Å²) in [5, 5.41) is 4.09. The fourth-order valence-corrected chi connectivity index (χ4v) is 2.86. The van der Waals surface area contributed by atoms with Crippen LogP contribution in [0.15, 0.2) is 36.4 Å². The van der Waals surface area contributed by atoms with Crippen LogP contribution in [0.25, 0.3) is 0 Å². The van der Waals surface area contributed by atoms with Crippen LogP contribution in [0.1, 0.15) is 24.5 Å². The Hall–Kier alpha value is -1.91. The second-order valence-electron chi connectivity index (χ2n) is 5.68. The molecular formula is C20H26ClNO3. The molecule has 0 bridgehead atoms. The molecule has 0 saturated carbocycles. The summed E-state index contributed by atoms with van der Waals surface area (Å²) in [6, 6.07) is 11.8. The first-order valence-corrected chi connectivity index (χ1v) is 8.89. The molecule has 2 aromatic rings. The van der Waals surface area contributed by atoms with Crippen molar-refractivity contribution >= 4 is 11.6 Å². The van der Waals surface area contributed by atoms with E-state index in [1.54, 1.807) is 20.3 Å². The quantitative estimate of drug-likeness (QED) is 0.632. The molecule has 25 heavy (non-hydrogen) atoms. The van der Waals surface area contributed by atoms with Gasteiger partial charge in [-0.2, -0.15) is 0 Å². The highest BCUT2D eigenvalue weighted by Gasteiger charge is 2.12. The van der Waals surface area contributed by atoms with E-state index in [0.717, 1.165) is 36.4 Å². The van der Waals surface area contributed by atoms with Crippen LogP contribution in [0.2, 0.25) is 5.02 Å². The average Bonchev–Trinajstić information content (AvgIpc) is 2.64. The van der Waals surface area contributed by atoms with Crippen molar-refractivity contribution in [3.8, 4) is 17.2 Å². The molecule has 0 aromatic heterocycles. The van der Waals surface area contributed by atoms with Crippen LogP contribution in [0, 0.1) is 0 Å². The second-order valence-corrected chi connectivity index (χ2v) is 6.12. The third-order valence-corrected chi connectivity index (χ3v) is 4.06. The van der Waals surface area contributed by atoms with Crippen LogP contribution in [0.5, 0.6) is 17.2 Å². The third-order valence-electron chi connectivity index (χ3n) is 3.85. The molecule has 1 N–H and O–H groups in total. The Morgan fingerprint density at radius 3 is 2.48 bits per heavy atom. The van der Waals surface area contributed by atoms with Crippen molar-refractivity contribution < 1.29 is 14.2 Å². The number of halogens is 1. The van der Waals surface area contributed by atoms with Gasteiger partial charge in [0, 0.05) is 23.2 Å². The predicted octanol–water partition coefficient (Wildman–Crippen LogP) is 4.48. The second kappa shape index (κ2) is 10.2. The number of hydrogen-bond acceptors (Lipinski definition) is 4. The molecule has 0 unspecified atom stereocenters. The lowest BCUT2D eigenvalue weighted by atomic mass is 10.1. The number of nitrogens with one attached hydrogen (secondary N) is 1. The van der Waals surface area contributed by atoms with Gasteiger partial charge < -0.3 is 19.5 Å². The van der Waals surface area contributed by atoms with Gasteiger partial charge in [0.05, 0.1) is 20.8 Å². The van der Waals surface area contributed by atoms with E-state index >= 15 is 0 Å². The summed E-state index contributed by atoms with van der Waals surface area (Å²) in [5.41, 5.74) is 2.18. The molecule has 0 radical (unpaired) electrons. The average molecular weight is 364 g/mol. The van der Waals surface area contributed by atoms with Gasteiger partial charge in [0.2, 0.25) is 0 Å². The Kier molecular flexibility index (Phi) is 7.89. The van der Waals surface area contributed by atoms with Crippen molar-refractivity contribution in [3.05, 3.63) is 52.5 Å². The zero-order valence-corrected chi connectivity index (χ0v) is 15.9. The smallest absolute Gasteiger partial charge is 0.165 e. The molecule has 2 aromatic carbocycles. The van der Waals surface area contributed by atoms with E-state index in [2.05, 4.69) is 18.3 Å². The summed E-state index contributed by atoms with van der Waals surface area (Å²) < 4.78 is 16.7. The van der Waals surface area contributed by atoms with Gasteiger partial charge in [-0.25, -0.2) is 0 Å². The first-order chi connectivity index (χ1) is 12.2. The standard InChI is InChI=1S/C20H26ClNO3/c1-4-11-25-20-16(12-17(21)13-19(20)24-3)14-22-10-9-15-7-5-6-8-18(15)23-2/h5-8,12-13,22H,4,9-11,14H2,1-3H3. The van der Waals surface area contributed by atoms with E-state index in [1.165, 1.54) is 5.56 Å². The van der Waals surface area contributed by atoms with Crippen molar-refractivity contribution in [2.24, 2.45) is 0 Å². The summed E-state index contributed by atoms with van der Waals surface area (Å²) >= 11 is 6.20. The van der Waals surface area contributed by atoms with Crippen molar-refractivity contribution in [2.45, 2.75) is 26.3 Å². The van der Waals surface area contributed by atoms with Gasteiger partial charge in [-0.3, -0.25) is 0 Å². The number of ether oxygens (including phenoxy) is 3. The zero-order valence-electron chi connectivity index (χ0n) is 15.1. The molecule has 0 spiro atoms. The Labute approximate surface area is 155 Å². The first-order valence-electron chi connectivity index (χ1n) is 8.51. The number of benzene rings is 2. The number of methoxy groups -OCH3 is 2. The molecule has 0 atom stereocenters. The van der Waals surface area contributed by atoms with E-state index < -0.39 is 0 Å². The fraction of sp³-hybridized carbons (Fsp3) is 0.400. The Bertz CT molecular complexity index is 676. The van der Waals surface area contributed by atoms with E-state index in [4.69, 9.17) is 25.8 Å². The van der Waals surface area contributed by atoms with Crippen LogP contribution in [-0.4, -0.2) is 27.4 Å². The molecule has 5 heteroatoms. The minimum Gasteiger partial charge on any atom is -0.496 e. The fourth-order valence-electron chi connectivity index (χ4n) is 2.63. The lowest BCUT2D eigenvalue weighted by molar-refractivity contribution is 0.290. The summed E-state index contributed by atoms with van der Waals surface area (Å²) in [5.74, 6) is 2.35. The van der Waals surface area contributed by atoms with E-state index in [0.29, 0.717) is 23.9 Å². The monoisotopic (exact) mass is 363 g/mol. The van der Waals surface area contributed by atoms with Crippen molar-refractivity contribution in [2.75, 3.05) is 27.4 Å². The maximum atomic E-state index is 6.20. The third kappa shape index (κ3) is 5.55. The van der Waals surface area contributed by atoms with Gasteiger partial charge in [0.25, 0.3) is 0 Å². The molecule has 2 rings (SSSR count). The highest BCUT2D eigenvalue weighted by atomic mass is 35.5. The van der Waals surface area contributed by atoms with Crippen LogP contribution < -0.4 is 19.5 Å². The van der Waals surface area contributed by atoms with E-state index in [1.807, 2.05) is 24.3 Å². The Morgan fingerprint density at radius 2 is 1.76 bits per heavy atom. The van der Waals surface area contributed by atoms with Crippen LogP contribution in [0.3, 0.4) is 0 Å². The number of rotatable bonds is 10. The van der Waals surface area contributed by atoms with Crippen molar-refractivity contribution in [1.29, 1.82) is 0 Å². The Balaban J connectivity index is 2.00. The van der Waals surface area contributed by atoms with Crippen LogP contribution in [-0.2, 0) is 13.0 Å². The largest absolute Gasteiger partial charge is 0.496 e. The maximum absolute atomic E-state index is 6.20. The summed E-state index contributed by atoms with van der Waals surface area (Å²) in [6.07, 6.45) is 1.82. The SMILES string of the molecule is CCCOc1c(CNCCc2ccccc2OC)cc(Cl)cc1OC. The molecule has 0 aliphatic rings. The zero-order chi connectivity index (χ0) is 18.1. The van der Waals surface area contributed by atoms with E-state index in [-0.39, 0.29) is 0 Å². The molecule has 0 aliphatic heterocycles. The summed E-state index contributed by atoms with van der Waals surface area (Å²) in [7, 11) is 3.32. The highest BCUT2D eigenvalue weighted by Crippen LogP contribution is 2.34. The summed E-state index contributed by atoms with van der Waals surface area (Å²) in [4.78, 5) is 0. The molecular weight excluding hydrogens is 338 g/mol. The van der Waals surface area contributed by atoms with Gasteiger partial charge in [-0.15, -0.1) is 0 Å². The number of hydrogen-bond donors (Lipinski definition) is 1. The maximum Gasteiger partial charge on any atom is 0.165 e. The number of para-hydroxylation sites is 1. The van der Waals surface area contributed by atoms with Crippen LogP contribution >= 0.6 is 11.6 Å². The molecule has 0 saturated heterocycles. The normalized spacial score (nSPS) is 10.6. The summed E-state index contributed by atoms with van der Waals surface area (Å²) in [6.45, 7) is 4.20. The molecule has 0 fully saturated rings. The van der Waals surface area contributed by atoms with Gasteiger partial charge in [0.15, 0.2) is 11.5 Å². The van der Waals surface area contributed by atoms with Crippen molar-refractivity contribution in [1.82, 2.24) is 5.32 Å². The lowest BCUT2D eigenvalue weighted by Gasteiger charge is -2.16. The van der Waals surface area contributed by atoms with Crippen LogP contribution in [0.4, 0.5) is 0 Å². The molecule has 0 aliphatic carbocycles. The molecule has 0 heterocycles. The minimum absolute atomic E-state index is 0.641. The lowest BCUT2D eigenvalue weighted by Crippen LogP contribution is -2.18. The Morgan fingerprint density at radius 1 is 1.00 bits per heavy atom. The molecule has 4 nitrogen and oxygen atoms in total. The topological polar surface area (TPSA) is 39.7 Å².